The molecule has 0 aliphatic rings. The molecule has 0 aliphatic carbocycles. The van der Waals surface area contributed by atoms with Crippen LogP contribution in [0.25, 0.3) is 5.70 Å². The fourth-order valence-corrected chi connectivity index (χ4v) is 1.64. The van der Waals surface area contributed by atoms with Gasteiger partial charge in [-0.25, -0.2) is 0 Å². The van der Waals surface area contributed by atoms with E-state index < -0.39 is 0 Å². The number of hydrogen-bond acceptors (Lipinski definition) is 3. The zero-order valence-electron chi connectivity index (χ0n) is 10.5. The van der Waals surface area contributed by atoms with Gasteiger partial charge in [-0.1, -0.05) is 11.6 Å². The minimum absolute atomic E-state index is 0.427. The van der Waals surface area contributed by atoms with Gasteiger partial charge in [0.15, 0.2) is 0 Å². The Labute approximate surface area is 107 Å². The standard InChI is InChI=1S/C13H17ClN2O/c1-8-7-10(5-6-11(8)17-4)12(15)9(2)13(14)16-3/h5-7H,15H2,1-4H3. The van der Waals surface area contributed by atoms with Gasteiger partial charge in [0.05, 0.1) is 7.11 Å². The van der Waals surface area contributed by atoms with Crippen molar-refractivity contribution in [2.75, 3.05) is 14.2 Å². The molecule has 17 heavy (non-hydrogen) atoms. The summed E-state index contributed by atoms with van der Waals surface area (Å²) in [6.07, 6.45) is 0. The number of allylic oxidation sites excluding steroid dienone is 1. The van der Waals surface area contributed by atoms with Gasteiger partial charge in [-0.3, -0.25) is 4.99 Å². The highest BCUT2D eigenvalue weighted by Crippen LogP contribution is 2.23. The van der Waals surface area contributed by atoms with Crippen LogP contribution in [0, 0.1) is 6.92 Å². The second-order valence-electron chi connectivity index (χ2n) is 3.74. The Bertz CT molecular complexity index is 478. The molecule has 1 aromatic carbocycles. The number of halogens is 1. The summed E-state index contributed by atoms with van der Waals surface area (Å²) in [5, 5.41) is 0.427. The first-order valence-electron chi connectivity index (χ1n) is 5.25. The van der Waals surface area contributed by atoms with Crippen LogP contribution in [0.4, 0.5) is 0 Å². The number of benzene rings is 1. The van der Waals surface area contributed by atoms with E-state index in [4.69, 9.17) is 22.1 Å². The maximum atomic E-state index is 6.05. The third kappa shape index (κ3) is 3.01. The molecule has 0 spiro atoms. The Morgan fingerprint density at radius 3 is 2.53 bits per heavy atom. The van der Waals surface area contributed by atoms with Crippen LogP contribution in [0.1, 0.15) is 18.1 Å². The average molecular weight is 253 g/mol. The fraction of sp³-hybridized carbons (Fsp3) is 0.308. The topological polar surface area (TPSA) is 47.6 Å². The molecule has 0 aliphatic heterocycles. The Morgan fingerprint density at radius 1 is 1.41 bits per heavy atom. The minimum Gasteiger partial charge on any atom is -0.496 e. The van der Waals surface area contributed by atoms with E-state index in [0.29, 0.717) is 10.9 Å². The van der Waals surface area contributed by atoms with Crippen molar-refractivity contribution >= 4 is 22.5 Å². The fourth-order valence-electron chi connectivity index (χ4n) is 1.54. The first kappa shape index (κ1) is 13.6. The molecule has 1 rings (SSSR count). The molecule has 3 nitrogen and oxygen atoms in total. The van der Waals surface area contributed by atoms with Crippen molar-refractivity contribution in [1.29, 1.82) is 0 Å². The number of aryl methyl sites for hydroxylation is 1. The number of nitrogens with zero attached hydrogens (tertiary/aromatic N) is 1. The van der Waals surface area contributed by atoms with Gasteiger partial charge in [0, 0.05) is 18.3 Å². The van der Waals surface area contributed by atoms with Gasteiger partial charge >= 0.3 is 0 Å². The van der Waals surface area contributed by atoms with Gasteiger partial charge in [0.2, 0.25) is 0 Å². The molecule has 0 radical (unpaired) electrons. The molecule has 4 heteroatoms. The lowest BCUT2D eigenvalue weighted by atomic mass is 10.1. The van der Waals surface area contributed by atoms with E-state index >= 15 is 0 Å². The molecule has 0 amide bonds. The first-order chi connectivity index (χ1) is 8.01. The van der Waals surface area contributed by atoms with Crippen LogP contribution in [-0.2, 0) is 0 Å². The van der Waals surface area contributed by atoms with Crippen LogP contribution in [0.5, 0.6) is 5.75 Å². The van der Waals surface area contributed by atoms with Crippen LogP contribution < -0.4 is 10.5 Å². The van der Waals surface area contributed by atoms with Gasteiger partial charge in [0.1, 0.15) is 10.9 Å². The summed E-state index contributed by atoms with van der Waals surface area (Å²) >= 11 is 5.95. The van der Waals surface area contributed by atoms with Crippen LogP contribution in [0.3, 0.4) is 0 Å². The van der Waals surface area contributed by atoms with Crippen LogP contribution >= 0.6 is 11.6 Å². The first-order valence-corrected chi connectivity index (χ1v) is 5.63. The van der Waals surface area contributed by atoms with E-state index in [1.165, 1.54) is 0 Å². The smallest absolute Gasteiger partial charge is 0.128 e. The van der Waals surface area contributed by atoms with Crippen LogP contribution in [-0.4, -0.2) is 19.3 Å². The second kappa shape index (κ2) is 5.73. The molecular formula is C13H17ClN2O. The molecule has 0 aromatic heterocycles. The van der Waals surface area contributed by atoms with Crippen molar-refractivity contribution in [1.82, 2.24) is 0 Å². The Hall–Kier alpha value is -1.48. The van der Waals surface area contributed by atoms with Crippen LogP contribution in [0.2, 0.25) is 0 Å². The molecule has 0 bridgehead atoms. The summed E-state index contributed by atoms with van der Waals surface area (Å²) in [5.74, 6) is 0.842. The van der Waals surface area contributed by atoms with Gasteiger partial charge in [-0.15, -0.1) is 0 Å². The largest absolute Gasteiger partial charge is 0.496 e. The van der Waals surface area contributed by atoms with Crippen molar-refractivity contribution in [3.05, 3.63) is 34.9 Å². The van der Waals surface area contributed by atoms with E-state index in [2.05, 4.69) is 4.99 Å². The van der Waals surface area contributed by atoms with Gasteiger partial charge in [0.25, 0.3) is 0 Å². The maximum absolute atomic E-state index is 6.05. The zero-order chi connectivity index (χ0) is 13.0. The summed E-state index contributed by atoms with van der Waals surface area (Å²) in [6, 6.07) is 5.77. The number of aliphatic imine (C=N–C) groups is 1. The molecule has 0 heterocycles. The lowest BCUT2D eigenvalue weighted by molar-refractivity contribution is 0.411. The molecular weight excluding hydrogens is 236 g/mol. The lowest BCUT2D eigenvalue weighted by Crippen LogP contribution is -2.04. The number of nitrogens with two attached hydrogens (primary N) is 1. The highest BCUT2D eigenvalue weighted by atomic mass is 35.5. The third-order valence-corrected chi connectivity index (χ3v) is 3.07. The number of methoxy groups -OCH3 is 1. The molecule has 0 fully saturated rings. The molecule has 0 saturated heterocycles. The van der Waals surface area contributed by atoms with Crippen molar-refractivity contribution < 1.29 is 4.74 Å². The Kier molecular flexibility index (Phi) is 4.58. The van der Waals surface area contributed by atoms with E-state index in [0.717, 1.165) is 22.4 Å². The molecule has 0 unspecified atom stereocenters. The lowest BCUT2D eigenvalue weighted by Gasteiger charge is -2.10. The van der Waals surface area contributed by atoms with Crippen molar-refractivity contribution in [3.63, 3.8) is 0 Å². The molecule has 2 N–H and O–H groups in total. The third-order valence-electron chi connectivity index (χ3n) is 2.62. The molecule has 0 saturated carbocycles. The quantitative estimate of drug-likeness (QED) is 0.841. The highest BCUT2D eigenvalue weighted by molar-refractivity contribution is 6.70. The van der Waals surface area contributed by atoms with Crippen molar-refractivity contribution in [3.8, 4) is 5.75 Å². The zero-order valence-corrected chi connectivity index (χ0v) is 11.3. The number of ether oxygens (including phenoxy) is 1. The van der Waals surface area contributed by atoms with Gasteiger partial charge in [-0.2, -0.15) is 0 Å². The summed E-state index contributed by atoms with van der Waals surface area (Å²) in [6.45, 7) is 3.82. The monoisotopic (exact) mass is 252 g/mol. The van der Waals surface area contributed by atoms with Crippen molar-refractivity contribution in [2.24, 2.45) is 10.7 Å². The van der Waals surface area contributed by atoms with E-state index in [1.807, 2.05) is 32.0 Å². The summed E-state index contributed by atoms with van der Waals surface area (Å²) in [7, 11) is 3.28. The molecule has 0 atom stereocenters. The van der Waals surface area contributed by atoms with Crippen LogP contribution in [0.15, 0.2) is 28.8 Å². The number of rotatable bonds is 3. The summed E-state index contributed by atoms with van der Waals surface area (Å²) in [4.78, 5) is 3.91. The van der Waals surface area contributed by atoms with E-state index in [1.54, 1.807) is 14.2 Å². The van der Waals surface area contributed by atoms with Crippen molar-refractivity contribution in [2.45, 2.75) is 13.8 Å². The normalized spacial score (nSPS) is 13.4. The maximum Gasteiger partial charge on any atom is 0.128 e. The van der Waals surface area contributed by atoms with Gasteiger partial charge in [-0.05, 0) is 43.2 Å². The van der Waals surface area contributed by atoms with Gasteiger partial charge < -0.3 is 10.5 Å². The molecule has 92 valence electrons. The predicted molar refractivity (Wildman–Crippen MR) is 73.7 cm³/mol. The minimum atomic E-state index is 0.427. The summed E-state index contributed by atoms with van der Waals surface area (Å²) < 4.78 is 5.20. The highest BCUT2D eigenvalue weighted by Gasteiger charge is 2.07. The molecule has 1 aromatic rings. The van der Waals surface area contributed by atoms with E-state index in [-0.39, 0.29) is 0 Å². The average Bonchev–Trinajstić information content (AvgIpc) is 2.35. The van der Waals surface area contributed by atoms with E-state index in [9.17, 15) is 0 Å². The second-order valence-corrected chi connectivity index (χ2v) is 4.10. The SMILES string of the molecule is CN=C(Cl)C(C)=C(N)c1ccc(OC)c(C)c1. The summed E-state index contributed by atoms with van der Waals surface area (Å²) in [5.41, 5.74) is 9.41. The predicted octanol–water partition coefficient (Wildman–Crippen LogP) is 2.96. The Morgan fingerprint density at radius 2 is 2.06 bits per heavy atom. The number of hydrogen-bond donors (Lipinski definition) is 1. The Balaban J connectivity index is 3.22.